The van der Waals surface area contributed by atoms with Gasteiger partial charge in [-0.3, -0.25) is 4.79 Å². The molecular formula is C8H3F3N2O2. The van der Waals surface area contributed by atoms with Crippen LogP contribution in [0.4, 0.5) is 13.2 Å². The minimum absolute atomic E-state index is 0.162. The summed E-state index contributed by atoms with van der Waals surface area (Å²) in [6, 6.07) is 3.68. The Labute approximate surface area is 81.9 Å². The number of carbonyl (C=O) groups excluding carboxylic acids is 1. The fraction of sp³-hybridized carbons (Fsp3) is 0.125. The van der Waals surface area contributed by atoms with Gasteiger partial charge in [-0.1, -0.05) is 0 Å². The lowest BCUT2D eigenvalue weighted by Crippen LogP contribution is -2.19. The first-order chi connectivity index (χ1) is 6.96. The average molecular weight is 216 g/mol. The second kappa shape index (κ2) is 3.96. The Kier molecular flexibility index (Phi) is 2.90. The van der Waals surface area contributed by atoms with E-state index in [0.717, 1.165) is 12.1 Å². The van der Waals surface area contributed by atoms with E-state index in [2.05, 4.69) is 9.72 Å². The normalized spacial score (nSPS) is 10.5. The molecule has 0 fully saturated rings. The molecule has 0 spiro atoms. The highest BCUT2D eigenvalue weighted by atomic mass is 19.4. The van der Waals surface area contributed by atoms with E-state index in [1.807, 2.05) is 0 Å². The molecular weight excluding hydrogens is 213 g/mol. The number of rotatable bonds is 2. The molecule has 1 aromatic heterocycles. The summed E-state index contributed by atoms with van der Waals surface area (Å²) in [5.41, 5.74) is -0.633. The number of carbonyl (C=O) groups is 1. The van der Waals surface area contributed by atoms with Crippen molar-refractivity contribution in [3.8, 4) is 11.9 Å². The number of aromatic nitrogens is 1. The van der Waals surface area contributed by atoms with Crippen molar-refractivity contribution >= 4 is 6.29 Å². The molecule has 1 aromatic rings. The van der Waals surface area contributed by atoms with Crippen LogP contribution in [0.1, 0.15) is 16.1 Å². The smallest absolute Gasteiger partial charge is 0.387 e. The van der Waals surface area contributed by atoms with Crippen LogP contribution in [0.15, 0.2) is 12.1 Å². The maximum Gasteiger partial charge on any atom is 0.574 e. The molecule has 4 nitrogen and oxygen atoms in total. The first-order valence-electron chi connectivity index (χ1n) is 3.58. The van der Waals surface area contributed by atoms with E-state index in [4.69, 9.17) is 5.26 Å². The monoisotopic (exact) mass is 216 g/mol. The van der Waals surface area contributed by atoms with Gasteiger partial charge in [0.15, 0.2) is 6.29 Å². The van der Waals surface area contributed by atoms with E-state index in [9.17, 15) is 18.0 Å². The topological polar surface area (TPSA) is 63.0 Å². The van der Waals surface area contributed by atoms with Crippen LogP contribution in [-0.4, -0.2) is 17.6 Å². The van der Waals surface area contributed by atoms with Gasteiger partial charge in [0.05, 0.1) is 5.56 Å². The Hall–Kier alpha value is -2.10. The number of pyridine rings is 1. The zero-order valence-electron chi connectivity index (χ0n) is 7.08. The third-order valence-corrected chi connectivity index (χ3v) is 1.34. The summed E-state index contributed by atoms with van der Waals surface area (Å²) in [5, 5.41) is 8.39. The lowest BCUT2D eigenvalue weighted by Gasteiger charge is -2.09. The quantitative estimate of drug-likeness (QED) is 0.705. The van der Waals surface area contributed by atoms with Crippen LogP contribution in [0.3, 0.4) is 0 Å². The Bertz CT molecular complexity index is 423. The molecule has 0 N–H and O–H groups in total. The molecule has 0 radical (unpaired) electrons. The molecule has 0 amide bonds. The van der Waals surface area contributed by atoms with Crippen molar-refractivity contribution in [1.29, 1.82) is 5.26 Å². The van der Waals surface area contributed by atoms with Crippen molar-refractivity contribution in [1.82, 2.24) is 4.98 Å². The molecule has 0 aliphatic heterocycles. The summed E-state index contributed by atoms with van der Waals surface area (Å²) < 4.78 is 39.0. The number of nitriles is 1. The summed E-state index contributed by atoms with van der Waals surface area (Å²) in [4.78, 5) is 13.6. The lowest BCUT2D eigenvalue weighted by molar-refractivity contribution is -0.276. The third-order valence-electron chi connectivity index (χ3n) is 1.34. The lowest BCUT2D eigenvalue weighted by atomic mass is 10.2. The molecule has 0 aliphatic rings. The van der Waals surface area contributed by atoms with Gasteiger partial charge in [-0.15, -0.1) is 13.2 Å². The SMILES string of the molecule is N#Cc1ccc(C=O)c(OC(F)(F)F)n1. The highest BCUT2D eigenvalue weighted by molar-refractivity contribution is 5.78. The molecule has 78 valence electrons. The number of hydrogen-bond acceptors (Lipinski definition) is 4. The Morgan fingerprint density at radius 3 is 2.60 bits per heavy atom. The molecule has 0 atom stereocenters. The second-order valence-electron chi connectivity index (χ2n) is 2.37. The Morgan fingerprint density at radius 2 is 2.13 bits per heavy atom. The number of ether oxygens (including phenoxy) is 1. The van der Waals surface area contributed by atoms with Crippen LogP contribution >= 0.6 is 0 Å². The van der Waals surface area contributed by atoms with Gasteiger partial charge in [0.1, 0.15) is 11.8 Å². The number of halogens is 3. The fourth-order valence-corrected chi connectivity index (χ4v) is 0.795. The van der Waals surface area contributed by atoms with E-state index < -0.39 is 12.2 Å². The number of aldehydes is 1. The summed E-state index contributed by atoms with van der Waals surface area (Å²) in [7, 11) is 0. The van der Waals surface area contributed by atoms with Gasteiger partial charge in [-0.25, -0.2) is 4.98 Å². The minimum atomic E-state index is -4.95. The predicted molar refractivity (Wildman–Crippen MR) is 41.0 cm³/mol. The zero-order valence-corrected chi connectivity index (χ0v) is 7.08. The maximum absolute atomic E-state index is 11.8. The van der Waals surface area contributed by atoms with Crippen molar-refractivity contribution in [3.05, 3.63) is 23.4 Å². The molecule has 0 saturated heterocycles. The highest BCUT2D eigenvalue weighted by Crippen LogP contribution is 2.23. The summed E-state index contributed by atoms with van der Waals surface area (Å²) in [6.07, 6.45) is -4.78. The molecule has 0 aliphatic carbocycles. The van der Waals surface area contributed by atoms with Crippen LogP contribution in [0, 0.1) is 11.3 Å². The van der Waals surface area contributed by atoms with E-state index >= 15 is 0 Å². The van der Waals surface area contributed by atoms with Crippen LogP contribution < -0.4 is 4.74 Å². The Morgan fingerprint density at radius 1 is 1.47 bits per heavy atom. The van der Waals surface area contributed by atoms with E-state index in [1.54, 1.807) is 0 Å². The predicted octanol–water partition coefficient (Wildman–Crippen LogP) is 1.66. The van der Waals surface area contributed by atoms with Gasteiger partial charge < -0.3 is 4.74 Å². The highest BCUT2D eigenvalue weighted by Gasteiger charge is 2.33. The second-order valence-corrected chi connectivity index (χ2v) is 2.37. The largest absolute Gasteiger partial charge is 0.574 e. The molecule has 0 bridgehead atoms. The first kappa shape index (κ1) is 11.0. The zero-order chi connectivity index (χ0) is 11.5. The molecule has 0 aromatic carbocycles. The summed E-state index contributed by atoms with van der Waals surface area (Å²) in [5.74, 6) is -0.920. The fourth-order valence-electron chi connectivity index (χ4n) is 0.795. The standard InChI is InChI=1S/C8H3F3N2O2/c9-8(10,11)15-7-5(4-14)1-2-6(3-12)13-7/h1-2,4H. The molecule has 15 heavy (non-hydrogen) atoms. The Balaban J connectivity index is 3.13. The van der Waals surface area contributed by atoms with Crippen molar-refractivity contribution < 1.29 is 22.7 Å². The van der Waals surface area contributed by atoms with Crippen molar-refractivity contribution in [2.24, 2.45) is 0 Å². The molecule has 7 heteroatoms. The number of alkyl halides is 3. The van der Waals surface area contributed by atoms with Crippen LogP contribution in [0.2, 0.25) is 0 Å². The first-order valence-corrected chi connectivity index (χ1v) is 3.58. The van der Waals surface area contributed by atoms with E-state index in [0.29, 0.717) is 0 Å². The van der Waals surface area contributed by atoms with Crippen LogP contribution in [0.25, 0.3) is 0 Å². The molecule has 1 rings (SSSR count). The number of nitrogens with zero attached hydrogens (tertiary/aromatic N) is 2. The van der Waals surface area contributed by atoms with Crippen LogP contribution in [0.5, 0.6) is 5.88 Å². The molecule has 0 unspecified atom stereocenters. The van der Waals surface area contributed by atoms with Gasteiger partial charge in [-0.05, 0) is 12.1 Å². The van der Waals surface area contributed by atoms with E-state index in [-0.39, 0.29) is 17.5 Å². The van der Waals surface area contributed by atoms with Gasteiger partial charge >= 0.3 is 6.36 Å². The number of hydrogen-bond donors (Lipinski definition) is 0. The van der Waals surface area contributed by atoms with Crippen molar-refractivity contribution in [3.63, 3.8) is 0 Å². The van der Waals surface area contributed by atoms with Gasteiger partial charge in [0, 0.05) is 0 Å². The summed E-state index contributed by atoms with van der Waals surface area (Å²) in [6.45, 7) is 0. The molecule has 0 saturated carbocycles. The third kappa shape index (κ3) is 2.95. The van der Waals surface area contributed by atoms with Gasteiger partial charge in [-0.2, -0.15) is 5.26 Å². The van der Waals surface area contributed by atoms with Gasteiger partial charge in [0.25, 0.3) is 0 Å². The molecule has 1 heterocycles. The average Bonchev–Trinajstić information content (AvgIpc) is 2.15. The summed E-state index contributed by atoms with van der Waals surface area (Å²) >= 11 is 0. The van der Waals surface area contributed by atoms with Crippen LogP contribution in [-0.2, 0) is 0 Å². The maximum atomic E-state index is 11.8. The van der Waals surface area contributed by atoms with Gasteiger partial charge in [0.2, 0.25) is 5.88 Å². The van der Waals surface area contributed by atoms with Crippen molar-refractivity contribution in [2.45, 2.75) is 6.36 Å². The minimum Gasteiger partial charge on any atom is -0.387 e. The van der Waals surface area contributed by atoms with Crippen molar-refractivity contribution in [2.75, 3.05) is 0 Å². The van der Waals surface area contributed by atoms with E-state index in [1.165, 1.54) is 6.07 Å².